The van der Waals surface area contributed by atoms with Crippen LogP contribution in [0.5, 0.6) is 0 Å². The fourth-order valence-corrected chi connectivity index (χ4v) is 1.36. The second-order valence-electron chi connectivity index (χ2n) is 4.02. The average molecular weight is 282 g/mol. The van der Waals surface area contributed by atoms with Crippen molar-refractivity contribution < 1.29 is 48.4 Å². The summed E-state index contributed by atoms with van der Waals surface area (Å²) in [5.74, 6) is -2.88. The molecule has 0 aromatic rings. The molecule has 0 heterocycles. The van der Waals surface area contributed by atoms with Crippen LogP contribution in [0.15, 0.2) is 0 Å². The molecule has 0 fully saturated rings. The third kappa shape index (κ3) is 12.2. The number of aliphatic carboxylic acids is 1. The Morgan fingerprint density at radius 1 is 1.32 bits per heavy atom. The molecule has 0 bridgehead atoms. The Morgan fingerprint density at radius 3 is 2.47 bits per heavy atom. The first-order valence-corrected chi connectivity index (χ1v) is 6.04. The fourth-order valence-electron chi connectivity index (χ4n) is 1.36. The summed E-state index contributed by atoms with van der Waals surface area (Å²) in [4.78, 5) is 22.4. The van der Waals surface area contributed by atoms with Crippen LogP contribution in [0.4, 0.5) is 0 Å². The molecule has 0 aliphatic carbocycles. The first-order valence-electron chi connectivity index (χ1n) is 7.54. The summed E-state index contributed by atoms with van der Waals surface area (Å²) in [5.41, 5.74) is 0. The van der Waals surface area contributed by atoms with Crippen LogP contribution in [0.1, 0.15) is 49.6 Å². The summed E-state index contributed by atoms with van der Waals surface area (Å²) in [6.07, 6.45) is 4.91. The molecule has 7 heteroatoms. The van der Waals surface area contributed by atoms with Crippen molar-refractivity contribution in [2.75, 3.05) is 13.5 Å². The van der Waals surface area contributed by atoms with Crippen LogP contribution in [0.3, 0.4) is 0 Å². The van der Waals surface area contributed by atoms with E-state index in [1.807, 2.05) is 0 Å². The fraction of sp³-hybridized carbons (Fsp3) is 0.750. The molecular formula is C12H22N3NaO3. The van der Waals surface area contributed by atoms with Gasteiger partial charge in [-0.15, -0.1) is 0 Å². The molecular weight excluding hydrogens is 257 g/mol. The van der Waals surface area contributed by atoms with Gasteiger partial charge in [0.1, 0.15) is 0 Å². The molecule has 6 nitrogen and oxygen atoms in total. The van der Waals surface area contributed by atoms with E-state index in [-0.39, 0.29) is 36.0 Å². The minimum absolute atomic E-state index is 0. The maximum atomic E-state index is 11.6. The Morgan fingerprint density at radius 2 is 1.95 bits per heavy atom. The van der Waals surface area contributed by atoms with Crippen molar-refractivity contribution in [2.45, 2.75) is 45.4 Å². The van der Waals surface area contributed by atoms with Crippen molar-refractivity contribution in [3.05, 3.63) is 0 Å². The third-order valence-electron chi connectivity index (χ3n) is 2.32. The van der Waals surface area contributed by atoms with Crippen LogP contribution >= 0.6 is 0 Å². The molecule has 0 aromatic carbocycles. The summed E-state index contributed by atoms with van der Waals surface area (Å²) in [7, 11) is 0. The van der Waals surface area contributed by atoms with E-state index in [1.54, 1.807) is 0 Å². The van der Waals surface area contributed by atoms with Gasteiger partial charge in [-0.1, -0.05) is 32.6 Å². The number of nitrogens with one attached hydrogen (secondary N) is 2. The zero-order chi connectivity index (χ0) is 16.5. The van der Waals surface area contributed by atoms with Crippen molar-refractivity contribution in [2.24, 2.45) is 0 Å². The number of amides is 1. The van der Waals surface area contributed by atoms with Crippen LogP contribution in [0.25, 0.3) is 0 Å². The maximum absolute atomic E-state index is 11.6. The van der Waals surface area contributed by atoms with Gasteiger partial charge in [0.15, 0.2) is 5.96 Å². The summed E-state index contributed by atoms with van der Waals surface area (Å²) in [5, 5.41) is 20.1. The topological polar surface area (TPSA) is 96.3 Å². The minimum Gasteiger partial charge on any atom is -0.548 e. The van der Waals surface area contributed by atoms with Crippen molar-refractivity contribution >= 4 is 17.8 Å². The number of carbonyl (C=O) groups is 2. The van der Waals surface area contributed by atoms with E-state index in [9.17, 15) is 14.7 Å². The number of carbonyl (C=O) groups excluding carboxylic acids is 2. The number of carboxylic acids is 1. The van der Waals surface area contributed by atoms with Crippen molar-refractivity contribution in [1.29, 1.82) is 5.41 Å². The van der Waals surface area contributed by atoms with E-state index in [0.717, 1.165) is 25.7 Å². The quantitative estimate of drug-likeness (QED) is 0.216. The Balaban J connectivity index is 0. The molecule has 0 atom stereocenters. The molecule has 0 saturated carbocycles. The number of hydrogen-bond acceptors (Lipinski definition) is 4. The smallest absolute Gasteiger partial charge is 0.548 e. The molecule has 0 aliphatic heterocycles. The van der Waals surface area contributed by atoms with Gasteiger partial charge in [0.05, 0.1) is 12.5 Å². The maximum Gasteiger partial charge on any atom is 1.00 e. The molecule has 2 N–H and O–H groups in total. The number of hydrogen-bond donors (Lipinski definition) is 2. The van der Waals surface area contributed by atoms with Gasteiger partial charge >= 0.3 is 29.6 Å². The molecule has 0 unspecified atom stereocenters. The van der Waals surface area contributed by atoms with E-state index in [1.165, 1.54) is 0 Å². The van der Waals surface area contributed by atoms with E-state index in [2.05, 4.69) is 12.2 Å². The molecule has 0 spiro atoms. The van der Waals surface area contributed by atoms with Gasteiger partial charge < -0.3 is 14.8 Å². The number of guanidine groups is 1. The first-order chi connectivity index (χ1) is 9.68. The van der Waals surface area contributed by atoms with Gasteiger partial charge in [-0.2, -0.15) is 0 Å². The van der Waals surface area contributed by atoms with Crippen LogP contribution in [-0.4, -0.2) is 36.3 Å². The number of nitrogens with zero attached hydrogens (tertiary/aromatic N) is 1. The van der Waals surface area contributed by atoms with Gasteiger partial charge in [-0.25, -0.2) is 0 Å². The third-order valence-corrected chi connectivity index (χ3v) is 2.32. The minimum atomic E-state index is -2.83. The van der Waals surface area contributed by atoms with Gasteiger partial charge in [0.2, 0.25) is 5.91 Å². The van der Waals surface area contributed by atoms with Crippen molar-refractivity contribution in [3.8, 4) is 0 Å². The summed E-state index contributed by atoms with van der Waals surface area (Å²) < 4.78 is 21.4. The normalized spacial score (nSPS) is 12.4. The van der Waals surface area contributed by atoms with Gasteiger partial charge in [-0.05, 0) is 6.42 Å². The second kappa shape index (κ2) is 12.4. The van der Waals surface area contributed by atoms with E-state index in [4.69, 9.17) is 9.52 Å². The monoisotopic (exact) mass is 282 g/mol. The molecule has 19 heavy (non-hydrogen) atoms. The molecule has 0 aliphatic rings. The number of unbranched alkanes of at least 4 members (excludes halogenated alkanes) is 4. The molecule has 0 rings (SSSR count). The van der Waals surface area contributed by atoms with E-state index < -0.39 is 31.4 Å². The Kier molecular flexibility index (Phi) is 9.70. The Hall–Kier alpha value is -0.590. The second-order valence-corrected chi connectivity index (χ2v) is 4.02. The predicted molar refractivity (Wildman–Crippen MR) is 66.9 cm³/mol. The largest absolute Gasteiger partial charge is 1.00 e. The Bertz CT molecular complexity index is 378. The van der Waals surface area contributed by atoms with E-state index >= 15 is 0 Å². The number of likely N-dealkylation sites (N-methyl/N-ethyl adjacent to an activating group) is 1. The summed E-state index contributed by atoms with van der Waals surface area (Å²) in [6, 6.07) is 0. The van der Waals surface area contributed by atoms with Crippen LogP contribution in [0.2, 0.25) is 0 Å². The van der Waals surface area contributed by atoms with Crippen LogP contribution < -0.4 is 40.0 Å². The average Bonchev–Trinajstić information content (AvgIpc) is 2.34. The standard InChI is InChI=1S/C12H23N3O3.Na/c1-3-4-5-6-7-8-10(16)14-12(13)15(2)9-11(17)18;/h3-9H2,1-2H3,(H,17,18)(H2,13,14,16);/q;+1/p-1/i2D3;. The van der Waals surface area contributed by atoms with Gasteiger partial charge in [0.25, 0.3) is 0 Å². The zero-order valence-corrected chi connectivity index (χ0v) is 13.6. The summed E-state index contributed by atoms with van der Waals surface area (Å²) in [6.45, 7) is -1.73. The van der Waals surface area contributed by atoms with Crippen LogP contribution in [-0.2, 0) is 9.59 Å². The number of carboxylic acid groups (broad SMARTS) is 1. The predicted octanol–water partition coefficient (Wildman–Crippen LogP) is -2.92. The summed E-state index contributed by atoms with van der Waals surface area (Å²) >= 11 is 0. The number of rotatable bonds is 8. The van der Waals surface area contributed by atoms with Crippen molar-refractivity contribution in [1.82, 2.24) is 10.2 Å². The van der Waals surface area contributed by atoms with Crippen molar-refractivity contribution in [3.63, 3.8) is 0 Å². The Labute approximate surface area is 140 Å². The molecule has 0 saturated heterocycles. The zero-order valence-electron chi connectivity index (χ0n) is 14.6. The van der Waals surface area contributed by atoms with Gasteiger partial charge in [0, 0.05) is 17.5 Å². The van der Waals surface area contributed by atoms with Gasteiger partial charge in [-0.3, -0.25) is 15.5 Å². The first kappa shape index (κ1) is 14.8. The van der Waals surface area contributed by atoms with E-state index in [0.29, 0.717) is 11.3 Å². The molecule has 104 valence electrons. The molecule has 0 radical (unpaired) electrons. The molecule has 0 aromatic heterocycles. The SMILES string of the molecule is [2H]C([2H])([2H])N(CC(=O)[O-])C(=N)NC(=O)CCCCCCC.[Na+]. The molecule has 1 amide bonds. The van der Waals surface area contributed by atoms with Crippen LogP contribution in [0, 0.1) is 5.41 Å².